The number of halogens is 1. The predicted octanol–water partition coefficient (Wildman–Crippen LogP) is 2.96. The van der Waals surface area contributed by atoms with Crippen molar-refractivity contribution in [2.45, 2.75) is 6.92 Å². The summed E-state index contributed by atoms with van der Waals surface area (Å²) in [6.45, 7) is 1.06. The van der Waals surface area contributed by atoms with Gasteiger partial charge in [-0.3, -0.25) is 4.79 Å². The molecule has 0 fully saturated rings. The van der Waals surface area contributed by atoms with E-state index in [-0.39, 0.29) is 22.7 Å². The van der Waals surface area contributed by atoms with Gasteiger partial charge in [0.15, 0.2) is 18.1 Å². The summed E-state index contributed by atoms with van der Waals surface area (Å²) in [7, 11) is 4.23. The molecule has 0 atom stereocenters. The first-order valence-electron chi connectivity index (χ1n) is 7.93. The van der Waals surface area contributed by atoms with Crippen LogP contribution in [0.1, 0.15) is 15.9 Å². The van der Waals surface area contributed by atoms with Crippen LogP contribution in [0.2, 0.25) is 0 Å². The van der Waals surface area contributed by atoms with E-state index in [0.29, 0.717) is 11.3 Å². The molecule has 0 radical (unpaired) electrons. The Balaban J connectivity index is 2.06. The van der Waals surface area contributed by atoms with Gasteiger partial charge in [0, 0.05) is 5.69 Å². The smallest absolute Gasteiger partial charge is 0.342 e. The zero-order valence-corrected chi connectivity index (χ0v) is 15.4. The van der Waals surface area contributed by atoms with E-state index in [0.717, 1.165) is 0 Å². The van der Waals surface area contributed by atoms with E-state index in [1.165, 1.54) is 45.6 Å². The van der Waals surface area contributed by atoms with Crippen LogP contribution in [0.15, 0.2) is 30.3 Å². The predicted molar refractivity (Wildman–Crippen MR) is 96.1 cm³/mol. The number of amides is 1. The molecule has 0 saturated carbocycles. The van der Waals surface area contributed by atoms with E-state index in [1.54, 1.807) is 13.0 Å². The fourth-order valence-electron chi connectivity index (χ4n) is 2.34. The first-order valence-corrected chi connectivity index (χ1v) is 7.93. The number of benzene rings is 2. The molecule has 0 spiro atoms. The number of hydrogen-bond acceptors (Lipinski definition) is 6. The Bertz CT molecular complexity index is 852. The van der Waals surface area contributed by atoms with Crippen LogP contribution in [-0.4, -0.2) is 39.8 Å². The Morgan fingerprint density at radius 2 is 1.70 bits per heavy atom. The number of ether oxygens (including phenoxy) is 4. The van der Waals surface area contributed by atoms with Crippen LogP contribution in [0.25, 0.3) is 0 Å². The van der Waals surface area contributed by atoms with Crippen LogP contribution in [0, 0.1) is 12.7 Å². The fraction of sp³-hybridized carbons (Fsp3) is 0.263. The van der Waals surface area contributed by atoms with Gasteiger partial charge in [-0.15, -0.1) is 0 Å². The summed E-state index contributed by atoms with van der Waals surface area (Å²) in [6.07, 6.45) is 0. The quantitative estimate of drug-likeness (QED) is 0.747. The highest BCUT2D eigenvalue weighted by Gasteiger charge is 2.22. The Hall–Kier alpha value is -3.29. The minimum Gasteiger partial charge on any atom is -0.493 e. The van der Waals surface area contributed by atoms with E-state index in [2.05, 4.69) is 5.32 Å². The summed E-state index contributed by atoms with van der Waals surface area (Å²) in [5.74, 6) is -1.09. The van der Waals surface area contributed by atoms with Gasteiger partial charge in [0.2, 0.25) is 5.75 Å². The Labute approximate surface area is 156 Å². The summed E-state index contributed by atoms with van der Waals surface area (Å²) < 4.78 is 34.1. The van der Waals surface area contributed by atoms with Gasteiger partial charge in [-0.2, -0.15) is 0 Å². The second kappa shape index (κ2) is 8.88. The molecular formula is C19H20FNO6. The van der Waals surface area contributed by atoms with E-state index < -0.39 is 24.3 Å². The standard InChI is InChI=1S/C19H20FNO6/c1-11-5-6-12(9-14(11)20)21-16(22)10-27-19(23)13-7-8-15(24-2)18(26-4)17(13)25-3/h5-9H,10H2,1-4H3,(H,21,22). The highest BCUT2D eigenvalue weighted by Crippen LogP contribution is 2.39. The lowest BCUT2D eigenvalue weighted by molar-refractivity contribution is -0.119. The molecule has 1 amide bonds. The Morgan fingerprint density at radius 1 is 1.00 bits per heavy atom. The number of carbonyl (C=O) groups excluding carboxylic acids is 2. The maximum atomic E-state index is 13.5. The lowest BCUT2D eigenvalue weighted by Gasteiger charge is -2.15. The van der Waals surface area contributed by atoms with Gasteiger partial charge in [0.25, 0.3) is 5.91 Å². The Morgan fingerprint density at radius 3 is 2.30 bits per heavy atom. The highest BCUT2D eigenvalue weighted by atomic mass is 19.1. The van der Waals surface area contributed by atoms with Crippen LogP contribution < -0.4 is 19.5 Å². The molecule has 2 aromatic rings. The molecule has 0 aliphatic heterocycles. The third-order valence-corrected chi connectivity index (χ3v) is 3.71. The number of rotatable bonds is 7. The highest BCUT2D eigenvalue weighted by molar-refractivity contribution is 5.97. The van der Waals surface area contributed by atoms with E-state index in [4.69, 9.17) is 18.9 Å². The second-order valence-corrected chi connectivity index (χ2v) is 5.47. The fourth-order valence-corrected chi connectivity index (χ4v) is 2.34. The maximum Gasteiger partial charge on any atom is 0.342 e. The molecule has 2 rings (SSSR count). The zero-order chi connectivity index (χ0) is 20.0. The minimum atomic E-state index is -0.780. The van der Waals surface area contributed by atoms with Gasteiger partial charge in [0.05, 0.1) is 21.3 Å². The Kier molecular flexibility index (Phi) is 6.59. The number of aryl methyl sites for hydroxylation is 1. The van der Waals surface area contributed by atoms with Crippen molar-refractivity contribution in [1.82, 2.24) is 0 Å². The molecular weight excluding hydrogens is 357 g/mol. The molecule has 27 heavy (non-hydrogen) atoms. The van der Waals surface area contributed by atoms with Gasteiger partial charge >= 0.3 is 5.97 Å². The number of hydrogen-bond donors (Lipinski definition) is 1. The van der Waals surface area contributed by atoms with Crippen molar-refractivity contribution in [2.75, 3.05) is 33.3 Å². The number of methoxy groups -OCH3 is 3. The average Bonchev–Trinajstić information content (AvgIpc) is 2.67. The van der Waals surface area contributed by atoms with Crippen molar-refractivity contribution in [1.29, 1.82) is 0 Å². The van der Waals surface area contributed by atoms with Gasteiger partial charge in [0.1, 0.15) is 11.4 Å². The van der Waals surface area contributed by atoms with Crippen molar-refractivity contribution in [2.24, 2.45) is 0 Å². The van der Waals surface area contributed by atoms with E-state index in [1.807, 2.05) is 0 Å². The average molecular weight is 377 g/mol. The third kappa shape index (κ3) is 4.66. The SMILES string of the molecule is COc1ccc(C(=O)OCC(=O)Nc2ccc(C)c(F)c2)c(OC)c1OC. The monoisotopic (exact) mass is 377 g/mol. The van der Waals surface area contributed by atoms with Gasteiger partial charge < -0.3 is 24.3 Å². The first-order chi connectivity index (χ1) is 12.9. The zero-order valence-electron chi connectivity index (χ0n) is 15.4. The summed E-state index contributed by atoms with van der Waals surface area (Å²) in [5, 5.41) is 2.45. The molecule has 7 nitrogen and oxygen atoms in total. The minimum absolute atomic E-state index is 0.0735. The van der Waals surface area contributed by atoms with Crippen molar-refractivity contribution in [3.63, 3.8) is 0 Å². The van der Waals surface area contributed by atoms with Crippen LogP contribution in [-0.2, 0) is 9.53 Å². The van der Waals surface area contributed by atoms with Crippen molar-refractivity contribution in [3.05, 3.63) is 47.3 Å². The van der Waals surface area contributed by atoms with Crippen LogP contribution in [0.3, 0.4) is 0 Å². The van der Waals surface area contributed by atoms with Crippen molar-refractivity contribution in [3.8, 4) is 17.2 Å². The van der Waals surface area contributed by atoms with Crippen LogP contribution in [0.4, 0.5) is 10.1 Å². The third-order valence-electron chi connectivity index (χ3n) is 3.71. The van der Waals surface area contributed by atoms with Crippen LogP contribution >= 0.6 is 0 Å². The maximum absolute atomic E-state index is 13.5. The van der Waals surface area contributed by atoms with Gasteiger partial charge in [-0.1, -0.05) is 6.07 Å². The lowest BCUT2D eigenvalue weighted by Crippen LogP contribution is -2.21. The first kappa shape index (κ1) is 20.0. The second-order valence-electron chi connectivity index (χ2n) is 5.47. The number of nitrogens with one attached hydrogen (secondary N) is 1. The van der Waals surface area contributed by atoms with Gasteiger partial charge in [-0.05, 0) is 36.8 Å². The normalized spacial score (nSPS) is 10.1. The molecule has 1 N–H and O–H groups in total. The van der Waals surface area contributed by atoms with Crippen molar-refractivity contribution >= 4 is 17.6 Å². The number of anilines is 1. The lowest BCUT2D eigenvalue weighted by atomic mass is 10.1. The molecule has 0 aliphatic rings. The number of esters is 1. The molecule has 0 bridgehead atoms. The largest absolute Gasteiger partial charge is 0.493 e. The molecule has 8 heteroatoms. The molecule has 0 heterocycles. The molecule has 0 unspecified atom stereocenters. The summed E-state index contributed by atoms with van der Waals surface area (Å²) in [5.41, 5.74) is 0.798. The van der Waals surface area contributed by atoms with Gasteiger partial charge in [-0.25, -0.2) is 9.18 Å². The van der Waals surface area contributed by atoms with E-state index >= 15 is 0 Å². The molecule has 0 aromatic heterocycles. The molecule has 144 valence electrons. The molecule has 0 aliphatic carbocycles. The topological polar surface area (TPSA) is 83.1 Å². The molecule has 2 aromatic carbocycles. The van der Waals surface area contributed by atoms with Crippen LogP contribution in [0.5, 0.6) is 17.2 Å². The molecule has 0 saturated heterocycles. The summed E-state index contributed by atoms with van der Waals surface area (Å²) in [4.78, 5) is 24.2. The summed E-state index contributed by atoms with van der Waals surface area (Å²) >= 11 is 0. The van der Waals surface area contributed by atoms with E-state index in [9.17, 15) is 14.0 Å². The summed E-state index contributed by atoms with van der Waals surface area (Å²) in [6, 6.07) is 7.23. The van der Waals surface area contributed by atoms with Crippen molar-refractivity contribution < 1.29 is 32.9 Å². The number of carbonyl (C=O) groups is 2.